The number of carbonyl (C=O) groups excluding carboxylic acids is 1. The van der Waals surface area contributed by atoms with Crippen LogP contribution in [0.4, 0.5) is 0 Å². The van der Waals surface area contributed by atoms with Crippen LogP contribution in [-0.2, 0) is 24.2 Å². The SMILES string of the molecule is CCc1nc(CN2CCC(CNC(=O)Cc3cn4cccc(C)c4n3)CC2)cs1. The van der Waals surface area contributed by atoms with E-state index in [1.807, 2.05) is 35.9 Å². The minimum absolute atomic E-state index is 0.0584. The Labute approximate surface area is 176 Å². The topological polar surface area (TPSA) is 62.5 Å². The maximum atomic E-state index is 12.4. The van der Waals surface area contributed by atoms with E-state index in [1.165, 1.54) is 10.7 Å². The summed E-state index contributed by atoms with van der Waals surface area (Å²) >= 11 is 1.76. The van der Waals surface area contributed by atoms with Crippen LogP contribution >= 0.6 is 11.3 Å². The minimum atomic E-state index is 0.0584. The van der Waals surface area contributed by atoms with Crippen LogP contribution < -0.4 is 5.32 Å². The van der Waals surface area contributed by atoms with E-state index in [0.29, 0.717) is 12.3 Å². The molecule has 0 spiro atoms. The van der Waals surface area contributed by atoms with E-state index in [9.17, 15) is 4.79 Å². The predicted molar refractivity (Wildman–Crippen MR) is 116 cm³/mol. The molecule has 29 heavy (non-hydrogen) atoms. The van der Waals surface area contributed by atoms with Gasteiger partial charge in [0, 0.05) is 30.9 Å². The third-order valence-electron chi connectivity index (χ3n) is 5.65. The van der Waals surface area contributed by atoms with E-state index in [1.54, 1.807) is 11.3 Å². The summed E-state index contributed by atoms with van der Waals surface area (Å²) in [6, 6.07) is 4.03. The lowest BCUT2D eigenvalue weighted by Gasteiger charge is -2.31. The van der Waals surface area contributed by atoms with Gasteiger partial charge in [-0.15, -0.1) is 11.3 Å². The van der Waals surface area contributed by atoms with Crippen molar-refractivity contribution in [2.45, 2.75) is 46.1 Å². The molecule has 3 aromatic rings. The summed E-state index contributed by atoms with van der Waals surface area (Å²) in [5, 5.41) is 6.53. The molecule has 4 heterocycles. The van der Waals surface area contributed by atoms with Gasteiger partial charge in [0.2, 0.25) is 5.91 Å². The van der Waals surface area contributed by atoms with Gasteiger partial charge in [-0.2, -0.15) is 0 Å². The Bertz CT molecular complexity index is 971. The molecular weight excluding hydrogens is 382 g/mol. The van der Waals surface area contributed by atoms with Crippen molar-refractivity contribution in [3.8, 4) is 0 Å². The van der Waals surface area contributed by atoms with Crippen LogP contribution in [-0.4, -0.2) is 44.8 Å². The molecule has 1 saturated heterocycles. The molecule has 1 N–H and O–H groups in total. The number of nitrogens with zero attached hydrogens (tertiary/aromatic N) is 4. The number of amides is 1. The number of hydrogen-bond donors (Lipinski definition) is 1. The molecule has 0 aromatic carbocycles. The number of rotatable bonds is 7. The van der Waals surface area contributed by atoms with Crippen LogP contribution in [0.2, 0.25) is 0 Å². The third kappa shape index (κ3) is 5.03. The number of fused-ring (bicyclic) bond motifs is 1. The predicted octanol–water partition coefficient (Wildman–Crippen LogP) is 3.23. The molecule has 0 atom stereocenters. The van der Waals surface area contributed by atoms with Crippen LogP contribution in [0, 0.1) is 12.8 Å². The second-order valence-corrected chi connectivity index (χ2v) is 8.88. The Hall–Kier alpha value is -2.25. The summed E-state index contributed by atoms with van der Waals surface area (Å²) in [4.78, 5) is 24.1. The largest absolute Gasteiger partial charge is 0.355 e. The average Bonchev–Trinajstić information content (AvgIpc) is 3.34. The molecule has 0 bridgehead atoms. The zero-order valence-corrected chi connectivity index (χ0v) is 18.0. The number of thiazole rings is 1. The number of aromatic nitrogens is 3. The lowest BCUT2D eigenvalue weighted by atomic mass is 9.96. The van der Waals surface area contributed by atoms with Gasteiger partial charge in [0.1, 0.15) is 5.65 Å². The van der Waals surface area contributed by atoms with Crippen LogP contribution in [0.5, 0.6) is 0 Å². The van der Waals surface area contributed by atoms with Gasteiger partial charge in [0.25, 0.3) is 0 Å². The molecule has 1 aliphatic heterocycles. The van der Waals surface area contributed by atoms with Crippen molar-refractivity contribution in [1.82, 2.24) is 24.6 Å². The molecule has 1 aliphatic rings. The molecule has 154 valence electrons. The monoisotopic (exact) mass is 411 g/mol. The quantitative estimate of drug-likeness (QED) is 0.648. The lowest BCUT2D eigenvalue weighted by Crippen LogP contribution is -2.38. The van der Waals surface area contributed by atoms with Crippen molar-refractivity contribution < 1.29 is 4.79 Å². The second-order valence-electron chi connectivity index (χ2n) is 7.94. The number of imidazole rings is 1. The fourth-order valence-corrected chi connectivity index (χ4v) is 4.67. The molecule has 0 saturated carbocycles. The first-order valence-corrected chi connectivity index (χ1v) is 11.3. The first-order valence-electron chi connectivity index (χ1n) is 10.5. The van der Waals surface area contributed by atoms with Gasteiger partial charge in [-0.05, 0) is 56.8 Å². The van der Waals surface area contributed by atoms with Gasteiger partial charge >= 0.3 is 0 Å². The third-order valence-corrected chi connectivity index (χ3v) is 6.69. The molecular formula is C22H29N5OS. The lowest BCUT2D eigenvalue weighted by molar-refractivity contribution is -0.120. The molecule has 6 nitrogen and oxygen atoms in total. The summed E-state index contributed by atoms with van der Waals surface area (Å²) in [5.74, 6) is 0.614. The van der Waals surface area contributed by atoms with Crippen LogP contribution in [0.1, 0.15) is 41.7 Å². The van der Waals surface area contributed by atoms with Gasteiger partial charge in [0.05, 0.1) is 22.8 Å². The summed E-state index contributed by atoms with van der Waals surface area (Å²) < 4.78 is 1.99. The van der Waals surface area contributed by atoms with Gasteiger partial charge in [-0.3, -0.25) is 9.69 Å². The number of nitrogens with one attached hydrogen (secondary N) is 1. The number of hydrogen-bond acceptors (Lipinski definition) is 5. The van der Waals surface area contributed by atoms with E-state index < -0.39 is 0 Å². The van der Waals surface area contributed by atoms with Gasteiger partial charge < -0.3 is 9.72 Å². The number of pyridine rings is 1. The molecule has 1 fully saturated rings. The van der Waals surface area contributed by atoms with Crippen molar-refractivity contribution in [3.05, 3.63) is 51.9 Å². The number of likely N-dealkylation sites (tertiary alicyclic amines) is 1. The first kappa shape index (κ1) is 20.0. The fraction of sp³-hybridized carbons (Fsp3) is 0.500. The van der Waals surface area contributed by atoms with Crippen molar-refractivity contribution in [1.29, 1.82) is 0 Å². The van der Waals surface area contributed by atoms with Crippen LogP contribution in [0.25, 0.3) is 5.65 Å². The highest BCUT2D eigenvalue weighted by Gasteiger charge is 2.20. The molecule has 0 aliphatic carbocycles. The molecule has 0 unspecified atom stereocenters. The second kappa shape index (κ2) is 9.05. The number of carbonyl (C=O) groups is 1. The average molecular weight is 412 g/mol. The first-order chi connectivity index (χ1) is 14.1. The van der Waals surface area contributed by atoms with Crippen LogP contribution in [0.3, 0.4) is 0 Å². The van der Waals surface area contributed by atoms with Crippen molar-refractivity contribution in [2.24, 2.45) is 5.92 Å². The van der Waals surface area contributed by atoms with Crippen molar-refractivity contribution in [2.75, 3.05) is 19.6 Å². The standard InChI is InChI=1S/C22H29N5OS/c1-3-21-24-19(15-29-21)13-26-9-6-17(7-10-26)12-23-20(28)11-18-14-27-8-4-5-16(2)22(27)25-18/h4-5,8,14-15,17H,3,6-7,9-13H2,1-2H3,(H,23,28). The Kier molecular flexibility index (Phi) is 6.25. The number of piperidine rings is 1. The van der Waals surface area contributed by atoms with Gasteiger partial charge in [0.15, 0.2) is 0 Å². The van der Waals surface area contributed by atoms with Gasteiger partial charge in [-0.25, -0.2) is 9.97 Å². The van der Waals surface area contributed by atoms with Crippen LogP contribution in [0.15, 0.2) is 29.9 Å². The van der Waals surface area contributed by atoms with E-state index in [0.717, 1.165) is 62.3 Å². The molecule has 1 amide bonds. The zero-order valence-electron chi connectivity index (χ0n) is 17.2. The van der Waals surface area contributed by atoms with Gasteiger partial charge in [-0.1, -0.05) is 13.0 Å². The molecule has 7 heteroatoms. The Morgan fingerprint density at radius 1 is 1.28 bits per heavy atom. The summed E-state index contributed by atoms with van der Waals surface area (Å²) in [5.41, 5.74) is 4.06. The summed E-state index contributed by atoms with van der Waals surface area (Å²) in [6.45, 7) is 8.04. The van der Waals surface area contributed by atoms with E-state index >= 15 is 0 Å². The van der Waals surface area contributed by atoms with Crippen molar-refractivity contribution >= 4 is 22.9 Å². The number of aryl methyl sites for hydroxylation is 2. The molecule has 4 rings (SSSR count). The highest BCUT2D eigenvalue weighted by molar-refractivity contribution is 7.09. The maximum Gasteiger partial charge on any atom is 0.226 e. The maximum absolute atomic E-state index is 12.4. The summed E-state index contributed by atoms with van der Waals surface area (Å²) in [6.07, 6.45) is 7.52. The Morgan fingerprint density at radius 2 is 2.10 bits per heavy atom. The molecule has 0 radical (unpaired) electrons. The smallest absolute Gasteiger partial charge is 0.226 e. The van der Waals surface area contributed by atoms with Crippen molar-refractivity contribution in [3.63, 3.8) is 0 Å². The fourth-order valence-electron chi connectivity index (χ4n) is 3.94. The summed E-state index contributed by atoms with van der Waals surface area (Å²) in [7, 11) is 0. The van der Waals surface area contributed by atoms with E-state index in [4.69, 9.17) is 0 Å². The van der Waals surface area contributed by atoms with E-state index in [-0.39, 0.29) is 5.91 Å². The molecule has 3 aromatic heterocycles. The normalized spacial score (nSPS) is 15.8. The Balaban J connectivity index is 1.20. The van der Waals surface area contributed by atoms with E-state index in [2.05, 4.69) is 32.5 Å². The Morgan fingerprint density at radius 3 is 2.83 bits per heavy atom. The highest BCUT2D eigenvalue weighted by Crippen LogP contribution is 2.19. The minimum Gasteiger partial charge on any atom is -0.355 e. The zero-order chi connectivity index (χ0) is 20.2. The highest BCUT2D eigenvalue weighted by atomic mass is 32.1.